The Morgan fingerprint density at radius 2 is 2.20 bits per heavy atom. The molecule has 0 saturated carbocycles. The first-order chi connectivity index (χ1) is 7.25. The fourth-order valence-corrected chi connectivity index (χ4v) is 3.00. The molecule has 0 spiro atoms. The third-order valence-electron chi connectivity index (χ3n) is 2.20. The minimum atomic E-state index is 0.186. The van der Waals surface area contributed by atoms with Gasteiger partial charge in [-0.15, -0.1) is 10.2 Å². The molecular weight excluding hydrogens is 232 g/mol. The molecule has 2 N–H and O–H groups in total. The largest absolute Gasteiger partial charge is 0.374 e. The van der Waals surface area contributed by atoms with Gasteiger partial charge in [-0.1, -0.05) is 23.1 Å². The summed E-state index contributed by atoms with van der Waals surface area (Å²) in [5.74, 6) is 0.625. The zero-order chi connectivity index (χ0) is 10.7. The fraction of sp³-hybridized carbons (Fsp3) is 0.625. The molecule has 0 aromatic carbocycles. The van der Waals surface area contributed by atoms with E-state index < -0.39 is 0 Å². The Morgan fingerprint density at radius 3 is 2.80 bits per heavy atom. The summed E-state index contributed by atoms with van der Waals surface area (Å²) in [5, 5.41) is 7.99. The lowest BCUT2D eigenvalue weighted by Gasteiger charge is -2.13. The molecule has 7 heteroatoms. The van der Waals surface area contributed by atoms with E-state index in [0.717, 1.165) is 30.3 Å². The Morgan fingerprint density at radius 1 is 1.47 bits per heavy atom. The first-order valence-electron chi connectivity index (χ1n) is 4.75. The Balaban J connectivity index is 1.80. The number of carbonyl (C=O) groups excluding carboxylic acids is 1. The van der Waals surface area contributed by atoms with Crippen LogP contribution in [0.3, 0.4) is 0 Å². The standard InChI is InChI=1S/C8H12N4OS2/c9-7-10-11-8(15-7)14-5-6(13)12-3-1-2-4-12/h1-5H2,(H2,9,10). The summed E-state index contributed by atoms with van der Waals surface area (Å²) in [4.78, 5) is 13.6. The molecule has 1 amide bonds. The summed E-state index contributed by atoms with van der Waals surface area (Å²) < 4.78 is 0.764. The second kappa shape index (κ2) is 4.80. The van der Waals surface area contributed by atoms with Crippen LogP contribution in [-0.4, -0.2) is 39.8 Å². The second-order valence-corrected chi connectivity index (χ2v) is 5.51. The summed E-state index contributed by atoms with van der Waals surface area (Å²) in [6.07, 6.45) is 2.25. The molecule has 2 rings (SSSR count). The first kappa shape index (κ1) is 10.7. The maximum absolute atomic E-state index is 11.7. The van der Waals surface area contributed by atoms with E-state index in [1.807, 2.05) is 4.90 Å². The summed E-state index contributed by atoms with van der Waals surface area (Å²) in [6, 6.07) is 0. The minimum Gasteiger partial charge on any atom is -0.374 e. The number of nitrogens with zero attached hydrogens (tertiary/aromatic N) is 3. The van der Waals surface area contributed by atoms with Crippen LogP contribution in [0.2, 0.25) is 0 Å². The van der Waals surface area contributed by atoms with E-state index in [2.05, 4.69) is 10.2 Å². The molecule has 0 atom stereocenters. The molecule has 1 aromatic heterocycles. The topological polar surface area (TPSA) is 72.1 Å². The summed E-state index contributed by atoms with van der Waals surface area (Å²) in [7, 11) is 0. The monoisotopic (exact) mass is 244 g/mol. The molecule has 0 bridgehead atoms. The van der Waals surface area contributed by atoms with Gasteiger partial charge < -0.3 is 10.6 Å². The molecule has 1 aliphatic heterocycles. The number of thioether (sulfide) groups is 1. The van der Waals surface area contributed by atoms with E-state index in [4.69, 9.17) is 5.73 Å². The van der Waals surface area contributed by atoms with Crippen LogP contribution in [-0.2, 0) is 4.79 Å². The van der Waals surface area contributed by atoms with E-state index in [1.165, 1.54) is 23.1 Å². The Hall–Kier alpha value is -0.820. The molecule has 5 nitrogen and oxygen atoms in total. The predicted molar refractivity (Wildman–Crippen MR) is 60.9 cm³/mol. The van der Waals surface area contributed by atoms with E-state index in [-0.39, 0.29) is 5.91 Å². The van der Waals surface area contributed by atoms with Gasteiger partial charge in [0.1, 0.15) is 0 Å². The van der Waals surface area contributed by atoms with Crippen molar-refractivity contribution in [2.75, 3.05) is 24.6 Å². The molecule has 15 heavy (non-hydrogen) atoms. The van der Waals surface area contributed by atoms with E-state index in [9.17, 15) is 4.79 Å². The number of likely N-dealkylation sites (tertiary alicyclic amines) is 1. The van der Waals surface area contributed by atoms with Gasteiger partial charge in [-0.3, -0.25) is 4.79 Å². The third kappa shape index (κ3) is 2.82. The quantitative estimate of drug-likeness (QED) is 0.798. The van der Waals surface area contributed by atoms with E-state index in [1.54, 1.807) is 0 Å². The van der Waals surface area contributed by atoms with Crippen molar-refractivity contribution in [3.8, 4) is 0 Å². The molecule has 0 unspecified atom stereocenters. The van der Waals surface area contributed by atoms with Crippen LogP contribution in [0.1, 0.15) is 12.8 Å². The van der Waals surface area contributed by atoms with Crippen molar-refractivity contribution < 1.29 is 4.79 Å². The third-order valence-corrected chi connectivity index (χ3v) is 4.07. The van der Waals surface area contributed by atoms with Crippen LogP contribution in [0.5, 0.6) is 0 Å². The summed E-state index contributed by atoms with van der Waals surface area (Å²) in [6.45, 7) is 1.80. The first-order valence-corrected chi connectivity index (χ1v) is 6.55. The normalized spacial score (nSPS) is 15.9. The van der Waals surface area contributed by atoms with E-state index in [0.29, 0.717) is 10.9 Å². The van der Waals surface area contributed by atoms with Crippen molar-refractivity contribution in [2.45, 2.75) is 17.2 Å². The van der Waals surface area contributed by atoms with Gasteiger partial charge >= 0.3 is 0 Å². The summed E-state index contributed by atoms with van der Waals surface area (Å²) in [5.41, 5.74) is 5.44. The van der Waals surface area contributed by atoms with Gasteiger partial charge in [0.2, 0.25) is 11.0 Å². The number of amides is 1. The van der Waals surface area contributed by atoms with Gasteiger partial charge in [-0.05, 0) is 12.8 Å². The maximum atomic E-state index is 11.7. The van der Waals surface area contributed by atoms with Crippen LogP contribution in [0.15, 0.2) is 4.34 Å². The van der Waals surface area contributed by atoms with Crippen LogP contribution in [0.25, 0.3) is 0 Å². The number of nitrogen functional groups attached to an aromatic ring is 1. The highest BCUT2D eigenvalue weighted by Crippen LogP contribution is 2.24. The average molecular weight is 244 g/mol. The SMILES string of the molecule is Nc1nnc(SCC(=O)N2CCCC2)s1. The maximum Gasteiger partial charge on any atom is 0.233 e. The number of anilines is 1. The van der Waals surface area contributed by atoms with Crippen molar-refractivity contribution in [3.63, 3.8) is 0 Å². The van der Waals surface area contributed by atoms with Gasteiger partial charge in [-0.25, -0.2) is 0 Å². The molecule has 0 aliphatic carbocycles. The molecule has 1 aromatic rings. The molecule has 82 valence electrons. The number of aromatic nitrogens is 2. The highest BCUT2D eigenvalue weighted by molar-refractivity contribution is 8.01. The number of rotatable bonds is 3. The zero-order valence-corrected chi connectivity index (χ0v) is 9.81. The Bertz CT molecular complexity index is 348. The molecule has 1 fully saturated rings. The molecule has 1 saturated heterocycles. The molecule has 0 radical (unpaired) electrons. The lowest BCUT2D eigenvalue weighted by Crippen LogP contribution is -2.29. The lowest BCUT2D eigenvalue weighted by atomic mass is 10.4. The van der Waals surface area contributed by atoms with Gasteiger partial charge in [0.15, 0.2) is 4.34 Å². The highest BCUT2D eigenvalue weighted by Gasteiger charge is 2.18. The van der Waals surface area contributed by atoms with Gasteiger partial charge in [0.25, 0.3) is 0 Å². The lowest BCUT2D eigenvalue weighted by molar-refractivity contribution is -0.127. The second-order valence-electron chi connectivity index (χ2n) is 3.28. The van der Waals surface area contributed by atoms with Crippen molar-refractivity contribution in [2.24, 2.45) is 0 Å². The van der Waals surface area contributed by atoms with Crippen LogP contribution in [0, 0.1) is 0 Å². The van der Waals surface area contributed by atoms with Gasteiger partial charge in [-0.2, -0.15) is 0 Å². The zero-order valence-electron chi connectivity index (χ0n) is 8.18. The Kier molecular flexibility index (Phi) is 3.42. The number of carbonyl (C=O) groups is 1. The Labute approximate surface area is 96.0 Å². The van der Waals surface area contributed by atoms with E-state index >= 15 is 0 Å². The minimum absolute atomic E-state index is 0.186. The van der Waals surface area contributed by atoms with Crippen LogP contribution >= 0.6 is 23.1 Å². The van der Waals surface area contributed by atoms with Crippen molar-refractivity contribution >= 4 is 34.1 Å². The fourth-order valence-electron chi connectivity index (χ4n) is 1.46. The van der Waals surface area contributed by atoms with Gasteiger partial charge in [0.05, 0.1) is 5.75 Å². The van der Waals surface area contributed by atoms with Crippen molar-refractivity contribution in [1.29, 1.82) is 0 Å². The van der Waals surface area contributed by atoms with Crippen molar-refractivity contribution in [1.82, 2.24) is 15.1 Å². The average Bonchev–Trinajstić information content (AvgIpc) is 2.84. The number of hydrogen-bond donors (Lipinski definition) is 1. The molecule has 1 aliphatic rings. The number of nitrogens with two attached hydrogens (primary N) is 1. The van der Waals surface area contributed by atoms with Crippen LogP contribution in [0.4, 0.5) is 5.13 Å². The highest BCUT2D eigenvalue weighted by atomic mass is 32.2. The van der Waals surface area contributed by atoms with Crippen molar-refractivity contribution in [3.05, 3.63) is 0 Å². The van der Waals surface area contributed by atoms with Gasteiger partial charge in [0, 0.05) is 13.1 Å². The smallest absolute Gasteiger partial charge is 0.233 e. The van der Waals surface area contributed by atoms with Crippen LogP contribution < -0.4 is 5.73 Å². The molecule has 2 heterocycles. The molecular formula is C8H12N4OS2. The number of hydrogen-bond acceptors (Lipinski definition) is 6. The predicted octanol–water partition coefficient (Wildman–Crippen LogP) is 0.835. The summed E-state index contributed by atoms with van der Waals surface area (Å²) >= 11 is 2.73.